The Morgan fingerprint density at radius 1 is 1.19 bits per heavy atom. The highest BCUT2D eigenvalue weighted by atomic mass is 32.2. The van der Waals surface area contributed by atoms with E-state index in [0.29, 0.717) is 24.7 Å². The van der Waals surface area contributed by atoms with Gasteiger partial charge < -0.3 is 9.84 Å². The predicted octanol–water partition coefficient (Wildman–Crippen LogP) is 2.31. The molecule has 146 valence electrons. The Kier molecular flexibility index (Phi) is 3.99. The van der Waals surface area contributed by atoms with Gasteiger partial charge in [-0.1, -0.05) is 0 Å². The van der Waals surface area contributed by atoms with Crippen molar-refractivity contribution in [1.29, 1.82) is 0 Å². The van der Waals surface area contributed by atoms with Crippen LogP contribution in [0.3, 0.4) is 0 Å². The molecule has 0 aliphatic heterocycles. The topological polar surface area (TPSA) is 110 Å². The van der Waals surface area contributed by atoms with Gasteiger partial charge >= 0.3 is 5.97 Å². The molecule has 7 nitrogen and oxygen atoms in total. The van der Waals surface area contributed by atoms with Gasteiger partial charge in [0.1, 0.15) is 0 Å². The molecule has 1 aromatic carbocycles. The number of hydrogen-bond acceptors (Lipinski definition) is 5. The fourth-order valence-electron chi connectivity index (χ4n) is 3.68. The molecular weight excluding hydrogens is 377 g/mol. The second-order valence-corrected chi connectivity index (χ2v) is 10.2. The number of carboxylic acids is 1. The Bertz CT molecular complexity index is 929. The van der Waals surface area contributed by atoms with Gasteiger partial charge in [-0.05, 0) is 63.0 Å². The molecule has 1 aromatic rings. The normalized spacial score (nSPS) is 27.6. The Morgan fingerprint density at radius 3 is 2.33 bits per heavy atom. The SMILES string of the molecule is CC1(S(=O)(=O)NC(=O)c2ccc(C(=O)O)c(F)c2OC2C[C@@H]3C[C@@H]3C2)CC1. The summed E-state index contributed by atoms with van der Waals surface area (Å²) in [6, 6.07) is 2.04. The van der Waals surface area contributed by atoms with E-state index in [0.717, 1.165) is 31.4 Å². The van der Waals surface area contributed by atoms with E-state index in [9.17, 15) is 22.4 Å². The Morgan fingerprint density at radius 2 is 1.78 bits per heavy atom. The minimum atomic E-state index is -3.91. The molecule has 0 spiro atoms. The summed E-state index contributed by atoms with van der Waals surface area (Å²) < 4.78 is 46.0. The first-order chi connectivity index (χ1) is 12.6. The molecule has 4 rings (SSSR count). The maximum absolute atomic E-state index is 14.7. The number of carboxylic acid groups (broad SMARTS) is 1. The molecule has 0 aromatic heterocycles. The highest BCUT2D eigenvalue weighted by Gasteiger charge is 2.51. The second kappa shape index (κ2) is 5.92. The van der Waals surface area contributed by atoms with Gasteiger partial charge in [-0.15, -0.1) is 0 Å². The lowest BCUT2D eigenvalue weighted by molar-refractivity contribution is 0.0688. The van der Waals surface area contributed by atoms with Crippen LogP contribution in [0.5, 0.6) is 5.75 Å². The van der Waals surface area contributed by atoms with Gasteiger partial charge in [0.25, 0.3) is 5.91 Å². The molecule has 3 atom stereocenters. The molecule has 0 heterocycles. The van der Waals surface area contributed by atoms with Crippen LogP contribution in [-0.4, -0.2) is 36.3 Å². The molecule has 3 fully saturated rings. The summed E-state index contributed by atoms with van der Waals surface area (Å²) in [5, 5.41) is 9.14. The first-order valence-electron chi connectivity index (χ1n) is 8.90. The van der Waals surface area contributed by atoms with Crippen LogP contribution in [0, 0.1) is 17.7 Å². The lowest BCUT2D eigenvalue weighted by atomic mass is 10.1. The standard InChI is InChI=1S/C18H20FNO6S/c1-18(4-5-18)27(24,25)20-16(21)13-3-2-12(17(22)23)14(19)15(13)26-11-7-9-6-10(9)8-11/h2-3,9-11H,4-8H2,1H3,(H,20,21)(H,22,23)/t9-,10+,11?. The molecule has 0 radical (unpaired) electrons. The predicted molar refractivity (Wildman–Crippen MR) is 92.6 cm³/mol. The fraction of sp³-hybridized carbons (Fsp3) is 0.556. The zero-order valence-corrected chi connectivity index (χ0v) is 15.5. The highest BCUT2D eigenvalue weighted by molar-refractivity contribution is 7.91. The highest BCUT2D eigenvalue weighted by Crippen LogP contribution is 2.53. The summed E-state index contributed by atoms with van der Waals surface area (Å²) in [5.74, 6) is -3.09. The molecule has 27 heavy (non-hydrogen) atoms. The maximum atomic E-state index is 14.7. The van der Waals surface area contributed by atoms with E-state index in [1.807, 2.05) is 4.72 Å². The Labute approximate surface area is 156 Å². The van der Waals surface area contributed by atoms with Gasteiger partial charge in [-0.25, -0.2) is 22.3 Å². The number of carbonyl (C=O) groups excluding carboxylic acids is 1. The summed E-state index contributed by atoms with van der Waals surface area (Å²) in [7, 11) is -3.91. The van der Waals surface area contributed by atoms with Crippen molar-refractivity contribution in [3.8, 4) is 5.75 Å². The fourth-order valence-corrected chi connectivity index (χ4v) is 4.92. The van der Waals surface area contributed by atoms with Gasteiger partial charge in [-0.2, -0.15) is 0 Å². The molecule has 1 unspecified atom stereocenters. The average Bonchev–Trinajstić information content (AvgIpc) is 3.47. The maximum Gasteiger partial charge on any atom is 0.338 e. The van der Waals surface area contributed by atoms with Gasteiger partial charge in [0.2, 0.25) is 10.0 Å². The lowest BCUT2D eigenvalue weighted by Crippen LogP contribution is -2.38. The first kappa shape index (κ1) is 18.2. The molecular formula is C18H20FNO6S. The number of hydrogen-bond donors (Lipinski definition) is 2. The second-order valence-electron chi connectivity index (χ2n) is 7.96. The van der Waals surface area contributed by atoms with E-state index < -0.39 is 43.8 Å². The van der Waals surface area contributed by atoms with Crippen LogP contribution < -0.4 is 9.46 Å². The van der Waals surface area contributed by atoms with Crippen molar-refractivity contribution in [3.63, 3.8) is 0 Å². The molecule has 3 aliphatic rings. The summed E-state index contributed by atoms with van der Waals surface area (Å²) in [5.41, 5.74) is -0.937. The summed E-state index contributed by atoms with van der Waals surface area (Å²) in [4.78, 5) is 23.8. The molecule has 9 heteroatoms. The number of ether oxygens (including phenoxy) is 1. The van der Waals surface area contributed by atoms with Gasteiger partial charge in [0.15, 0.2) is 11.6 Å². The number of rotatable bonds is 6. The quantitative estimate of drug-likeness (QED) is 0.762. The third-order valence-corrected chi connectivity index (χ3v) is 8.05. The van der Waals surface area contributed by atoms with Crippen LogP contribution >= 0.6 is 0 Å². The van der Waals surface area contributed by atoms with Crippen molar-refractivity contribution >= 4 is 21.9 Å². The molecule has 3 aliphatic carbocycles. The largest absolute Gasteiger partial charge is 0.486 e. The third kappa shape index (κ3) is 3.18. The van der Waals surface area contributed by atoms with E-state index in [2.05, 4.69) is 0 Å². The van der Waals surface area contributed by atoms with Gasteiger partial charge in [0.05, 0.1) is 22.0 Å². The Hall–Kier alpha value is -2.16. The van der Waals surface area contributed by atoms with E-state index in [1.165, 1.54) is 6.92 Å². The number of carbonyl (C=O) groups is 2. The van der Waals surface area contributed by atoms with Crippen LogP contribution in [0.15, 0.2) is 12.1 Å². The summed E-state index contributed by atoms with van der Waals surface area (Å²) in [6.45, 7) is 1.53. The van der Waals surface area contributed by atoms with Crippen molar-refractivity contribution in [2.24, 2.45) is 11.8 Å². The molecule has 2 N–H and O–H groups in total. The zero-order valence-electron chi connectivity index (χ0n) is 14.7. The molecule has 1 amide bonds. The minimum Gasteiger partial charge on any atom is -0.486 e. The molecule has 0 bridgehead atoms. The van der Waals surface area contributed by atoms with E-state index in [1.54, 1.807) is 0 Å². The average molecular weight is 397 g/mol. The van der Waals surface area contributed by atoms with Crippen LogP contribution in [-0.2, 0) is 10.0 Å². The lowest BCUT2D eigenvalue weighted by Gasteiger charge is -2.20. The van der Waals surface area contributed by atoms with Crippen molar-refractivity contribution in [2.45, 2.75) is 49.9 Å². The first-order valence-corrected chi connectivity index (χ1v) is 10.4. The molecule has 3 saturated carbocycles. The summed E-state index contributed by atoms with van der Waals surface area (Å²) >= 11 is 0. The van der Waals surface area contributed by atoms with Crippen LogP contribution in [0.1, 0.15) is 59.7 Å². The summed E-state index contributed by atoms with van der Waals surface area (Å²) in [6.07, 6.45) is 3.13. The monoisotopic (exact) mass is 397 g/mol. The number of fused-ring (bicyclic) bond motifs is 1. The minimum absolute atomic E-state index is 0.309. The van der Waals surface area contributed by atoms with Crippen LogP contribution in [0.4, 0.5) is 4.39 Å². The number of nitrogens with one attached hydrogen (secondary N) is 1. The van der Waals surface area contributed by atoms with Crippen molar-refractivity contribution in [3.05, 3.63) is 29.1 Å². The Balaban J connectivity index is 1.65. The smallest absolute Gasteiger partial charge is 0.338 e. The van der Waals surface area contributed by atoms with E-state index in [-0.39, 0.29) is 11.7 Å². The van der Waals surface area contributed by atoms with Crippen molar-refractivity contribution in [1.82, 2.24) is 4.72 Å². The van der Waals surface area contributed by atoms with Gasteiger partial charge in [-0.3, -0.25) is 4.79 Å². The number of amides is 1. The number of sulfonamides is 1. The van der Waals surface area contributed by atoms with Crippen molar-refractivity contribution < 1.29 is 32.2 Å². The van der Waals surface area contributed by atoms with Gasteiger partial charge in [0, 0.05) is 0 Å². The zero-order chi connectivity index (χ0) is 19.6. The number of halogens is 1. The van der Waals surface area contributed by atoms with E-state index in [4.69, 9.17) is 9.84 Å². The third-order valence-electron chi connectivity index (χ3n) is 5.89. The molecule has 0 saturated heterocycles. The number of aromatic carboxylic acids is 1. The van der Waals surface area contributed by atoms with E-state index >= 15 is 0 Å². The van der Waals surface area contributed by atoms with Crippen LogP contribution in [0.2, 0.25) is 0 Å². The number of benzene rings is 1. The van der Waals surface area contributed by atoms with Crippen LogP contribution in [0.25, 0.3) is 0 Å². The van der Waals surface area contributed by atoms with Crippen molar-refractivity contribution in [2.75, 3.05) is 0 Å².